The maximum Gasteiger partial charge on any atom is 0.0618 e. The zero-order valence-electron chi connectivity index (χ0n) is 7.39. The molecule has 0 aliphatic rings. The first kappa shape index (κ1) is 8.18. The van der Waals surface area contributed by atoms with Crippen LogP contribution in [0.5, 0.6) is 0 Å². The standard InChI is InChI=1S/C9H14N2/c1-4-5-9-8(3)10-6-7(2)11-9/h6H,4-5H2,1-3H3. The fourth-order valence-electron chi connectivity index (χ4n) is 1.06. The lowest BCUT2D eigenvalue weighted by atomic mass is 10.2. The minimum atomic E-state index is 1.01. The van der Waals surface area contributed by atoms with Crippen LogP contribution in [0.2, 0.25) is 0 Å². The lowest BCUT2D eigenvalue weighted by Gasteiger charge is -2.02. The van der Waals surface area contributed by atoms with Crippen LogP contribution in [-0.2, 0) is 6.42 Å². The van der Waals surface area contributed by atoms with Crippen LogP contribution in [-0.4, -0.2) is 9.97 Å². The van der Waals surface area contributed by atoms with Crippen molar-refractivity contribution in [3.05, 3.63) is 23.3 Å². The van der Waals surface area contributed by atoms with E-state index in [0.29, 0.717) is 0 Å². The zero-order chi connectivity index (χ0) is 8.27. The van der Waals surface area contributed by atoms with Crippen molar-refractivity contribution in [1.82, 2.24) is 9.97 Å². The average Bonchev–Trinajstić information content (AvgIpc) is 1.98. The second-order valence-electron chi connectivity index (χ2n) is 2.79. The third kappa shape index (κ3) is 2.00. The Balaban J connectivity index is 2.93. The average molecular weight is 150 g/mol. The van der Waals surface area contributed by atoms with Crippen molar-refractivity contribution < 1.29 is 0 Å². The summed E-state index contributed by atoms with van der Waals surface area (Å²) in [6.45, 7) is 6.15. The van der Waals surface area contributed by atoms with E-state index in [1.54, 1.807) is 0 Å². The third-order valence-corrected chi connectivity index (χ3v) is 1.66. The summed E-state index contributed by atoms with van der Waals surface area (Å²) in [4.78, 5) is 8.63. The van der Waals surface area contributed by atoms with Gasteiger partial charge < -0.3 is 0 Å². The molecule has 0 aliphatic carbocycles. The molecular formula is C9H14N2. The van der Waals surface area contributed by atoms with Gasteiger partial charge in [0.2, 0.25) is 0 Å². The number of hydrogen-bond acceptors (Lipinski definition) is 2. The summed E-state index contributed by atoms with van der Waals surface area (Å²) in [5.74, 6) is 0. The van der Waals surface area contributed by atoms with Gasteiger partial charge in [-0.2, -0.15) is 0 Å². The Morgan fingerprint density at radius 3 is 2.73 bits per heavy atom. The molecule has 1 rings (SSSR count). The smallest absolute Gasteiger partial charge is 0.0618 e. The van der Waals surface area contributed by atoms with Gasteiger partial charge in [-0.15, -0.1) is 0 Å². The maximum atomic E-state index is 4.40. The minimum Gasteiger partial charge on any atom is -0.258 e. The summed E-state index contributed by atoms with van der Waals surface area (Å²) in [6.07, 6.45) is 3.99. The summed E-state index contributed by atoms with van der Waals surface area (Å²) in [6, 6.07) is 0. The Morgan fingerprint density at radius 1 is 1.36 bits per heavy atom. The molecule has 0 N–H and O–H groups in total. The summed E-state index contributed by atoms with van der Waals surface area (Å²) in [5, 5.41) is 0. The highest BCUT2D eigenvalue weighted by atomic mass is 14.8. The van der Waals surface area contributed by atoms with Crippen LogP contribution >= 0.6 is 0 Å². The number of hydrogen-bond donors (Lipinski definition) is 0. The van der Waals surface area contributed by atoms with E-state index >= 15 is 0 Å². The van der Waals surface area contributed by atoms with E-state index in [0.717, 1.165) is 29.9 Å². The Kier molecular flexibility index (Phi) is 2.58. The zero-order valence-corrected chi connectivity index (χ0v) is 7.39. The maximum absolute atomic E-state index is 4.40. The Hall–Kier alpha value is -0.920. The van der Waals surface area contributed by atoms with Crippen molar-refractivity contribution in [2.24, 2.45) is 0 Å². The molecule has 0 aliphatic heterocycles. The molecule has 0 fully saturated rings. The van der Waals surface area contributed by atoms with Crippen LogP contribution in [0.3, 0.4) is 0 Å². The number of aryl methyl sites for hydroxylation is 3. The molecule has 0 bridgehead atoms. The van der Waals surface area contributed by atoms with E-state index in [1.165, 1.54) is 0 Å². The molecule has 0 atom stereocenters. The summed E-state index contributed by atoms with van der Waals surface area (Å²) in [7, 11) is 0. The second kappa shape index (κ2) is 3.46. The van der Waals surface area contributed by atoms with Gasteiger partial charge in [0.1, 0.15) is 0 Å². The van der Waals surface area contributed by atoms with Gasteiger partial charge in [-0.1, -0.05) is 13.3 Å². The first-order chi connectivity index (χ1) is 5.24. The monoisotopic (exact) mass is 150 g/mol. The molecule has 1 aromatic heterocycles. The SMILES string of the molecule is CCCc1nc(C)cnc1C. The van der Waals surface area contributed by atoms with E-state index < -0.39 is 0 Å². The molecule has 0 aromatic carbocycles. The quantitative estimate of drug-likeness (QED) is 0.644. The number of aromatic nitrogens is 2. The van der Waals surface area contributed by atoms with Gasteiger partial charge in [0.05, 0.1) is 17.1 Å². The summed E-state index contributed by atoms with van der Waals surface area (Å²) in [5.41, 5.74) is 3.23. The van der Waals surface area contributed by atoms with Crippen LogP contribution in [0.15, 0.2) is 6.20 Å². The molecule has 0 amide bonds. The highest BCUT2D eigenvalue weighted by molar-refractivity contribution is 5.11. The molecule has 2 heteroatoms. The molecule has 0 spiro atoms. The molecular weight excluding hydrogens is 136 g/mol. The molecule has 0 unspecified atom stereocenters. The number of nitrogens with zero attached hydrogens (tertiary/aromatic N) is 2. The molecule has 60 valence electrons. The van der Waals surface area contributed by atoms with E-state index in [2.05, 4.69) is 16.9 Å². The molecule has 11 heavy (non-hydrogen) atoms. The van der Waals surface area contributed by atoms with Gasteiger partial charge in [-0.25, -0.2) is 0 Å². The van der Waals surface area contributed by atoms with Crippen LogP contribution in [0.4, 0.5) is 0 Å². The minimum absolute atomic E-state index is 1.01. The van der Waals surface area contributed by atoms with E-state index in [1.807, 2.05) is 20.0 Å². The van der Waals surface area contributed by atoms with Gasteiger partial charge in [0.15, 0.2) is 0 Å². The fourth-order valence-corrected chi connectivity index (χ4v) is 1.06. The van der Waals surface area contributed by atoms with E-state index in [-0.39, 0.29) is 0 Å². The van der Waals surface area contributed by atoms with Crippen molar-refractivity contribution >= 4 is 0 Å². The van der Waals surface area contributed by atoms with Crippen molar-refractivity contribution in [2.45, 2.75) is 33.6 Å². The molecule has 0 saturated carbocycles. The van der Waals surface area contributed by atoms with E-state index in [9.17, 15) is 0 Å². The topological polar surface area (TPSA) is 25.8 Å². The van der Waals surface area contributed by atoms with Gasteiger partial charge in [-0.05, 0) is 20.3 Å². The van der Waals surface area contributed by atoms with Crippen LogP contribution < -0.4 is 0 Å². The predicted molar refractivity (Wildman–Crippen MR) is 45.5 cm³/mol. The van der Waals surface area contributed by atoms with E-state index in [4.69, 9.17) is 0 Å². The highest BCUT2D eigenvalue weighted by Gasteiger charge is 1.98. The first-order valence-corrected chi connectivity index (χ1v) is 4.03. The van der Waals surface area contributed by atoms with Crippen molar-refractivity contribution in [1.29, 1.82) is 0 Å². The Labute approximate surface area is 67.7 Å². The van der Waals surface area contributed by atoms with Crippen LogP contribution in [0.1, 0.15) is 30.4 Å². The Morgan fingerprint density at radius 2 is 2.09 bits per heavy atom. The summed E-state index contributed by atoms with van der Waals surface area (Å²) >= 11 is 0. The second-order valence-corrected chi connectivity index (χ2v) is 2.79. The van der Waals surface area contributed by atoms with Crippen LogP contribution in [0.25, 0.3) is 0 Å². The highest BCUT2D eigenvalue weighted by Crippen LogP contribution is 2.04. The van der Waals surface area contributed by atoms with Gasteiger partial charge in [0, 0.05) is 6.20 Å². The predicted octanol–water partition coefficient (Wildman–Crippen LogP) is 2.05. The normalized spacial score (nSPS) is 10.1. The fraction of sp³-hybridized carbons (Fsp3) is 0.556. The third-order valence-electron chi connectivity index (χ3n) is 1.66. The van der Waals surface area contributed by atoms with Crippen LogP contribution in [0, 0.1) is 13.8 Å². The molecule has 1 aromatic rings. The molecule has 2 nitrogen and oxygen atoms in total. The van der Waals surface area contributed by atoms with Crippen molar-refractivity contribution in [3.63, 3.8) is 0 Å². The molecule has 0 radical (unpaired) electrons. The van der Waals surface area contributed by atoms with Gasteiger partial charge in [-0.3, -0.25) is 9.97 Å². The van der Waals surface area contributed by atoms with Gasteiger partial charge in [0.25, 0.3) is 0 Å². The first-order valence-electron chi connectivity index (χ1n) is 4.03. The lowest BCUT2D eigenvalue weighted by molar-refractivity contribution is 0.841. The van der Waals surface area contributed by atoms with Crippen molar-refractivity contribution in [3.8, 4) is 0 Å². The number of rotatable bonds is 2. The Bertz CT molecular complexity index is 243. The molecule has 1 heterocycles. The summed E-state index contributed by atoms with van der Waals surface area (Å²) < 4.78 is 0. The lowest BCUT2D eigenvalue weighted by Crippen LogP contribution is -1.98. The molecule has 0 saturated heterocycles. The largest absolute Gasteiger partial charge is 0.258 e. The van der Waals surface area contributed by atoms with Gasteiger partial charge >= 0.3 is 0 Å². The van der Waals surface area contributed by atoms with Crippen molar-refractivity contribution in [2.75, 3.05) is 0 Å².